The van der Waals surface area contributed by atoms with E-state index in [0.717, 1.165) is 6.20 Å². The molecule has 0 amide bonds. The lowest BCUT2D eigenvalue weighted by Crippen LogP contribution is -1.95. The number of nitro groups is 1. The molecule has 92 valence electrons. The molecular weight excluding hydrogens is 236 g/mol. The normalized spacial score (nSPS) is 10.0. The Morgan fingerprint density at radius 2 is 1.94 bits per heavy atom. The van der Waals surface area contributed by atoms with Crippen LogP contribution in [0.3, 0.4) is 0 Å². The van der Waals surface area contributed by atoms with E-state index in [1.165, 1.54) is 12.1 Å². The van der Waals surface area contributed by atoms with Gasteiger partial charge in [-0.2, -0.15) is 0 Å². The van der Waals surface area contributed by atoms with Crippen molar-refractivity contribution in [3.05, 3.63) is 46.6 Å². The molecule has 7 nitrogen and oxygen atoms in total. The van der Waals surface area contributed by atoms with Gasteiger partial charge in [0.05, 0.1) is 16.3 Å². The molecule has 1 aromatic carbocycles. The van der Waals surface area contributed by atoms with E-state index in [1.54, 1.807) is 18.2 Å². The molecule has 0 aliphatic rings. The van der Waals surface area contributed by atoms with Crippen LogP contribution >= 0.6 is 0 Å². The number of nitrogen functional groups attached to an aromatic ring is 2. The maximum atomic E-state index is 10.4. The Hall–Kier alpha value is -2.83. The smallest absolute Gasteiger partial charge is 0.287 e. The topological polar surface area (TPSA) is 117 Å². The van der Waals surface area contributed by atoms with Gasteiger partial charge in [-0.25, -0.2) is 4.98 Å². The van der Waals surface area contributed by atoms with Gasteiger partial charge in [0, 0.05) is 18.2 Å². The van der Waals surface area contributed by atoms with Gasteiger partial charge >= 0.3 is 0 Å². The third-order valence-electron chi connectivity index (χ3n) is 2.21. The van der Waals surface area contributed by atoms with Crippen molar-refractivity contribution in [3.63, 3.8) is 0 Å². The Kier molecular flexibility index (Phi) is 2.96. The first-order chi connectivity index (χ1) is 8.56. The largest absolute Gasteiger partial charge is 0.439 e. The van der Waals surface area contributed by atoms with Crippen molar-refractivity contribution in [2.24, 2.45) is 0 Å². The van der Waals surface area contributed by atoms with E-state index in [4.69, 9.17) is 16.2 Å². The molecule has 4 N–H and O–H groups in total. The molecule has 0 atom stereocenters. The summed E-state index contributed by atoms with van der Waals surface area (Å²) < 4.78 is 5.38. The van der Waals surface area contributed by atoms with Crippen LogP contribution in [-0.4, -0.2) is 9.91 Å². The third-order valence-corrected chi connectivity index (χ3v) is 2.21. The van der Waals surface area contributed by atoms with Crippen molar-refractivity contribution >= 4 is 17.1 Å². The van der Waals surface area contributed by atoms with Crippen molar-refractivity contribution in [2.45, 2.75) is 0 Å². The summed E-state index contributed by atoms with van der Waals surface area (Å²) in [6.45, 7) is 0. The number of benzene rings is 1. The van der Waals surface area contributed by atoms with E-state index in [2.05, 4.69) is 4.98 Å². The zero-order valence-electron chi connectivity index (χ0n) is 9.24. The number of hydrogen-bond acceptors (Lipinski definition) is 6. The van der Waals surface area contributed by atoms with Gasteiger partial charge in [0.2, 0.25) is 5.88 Å². The Morgan fingerprint density at radius 3 is 2.50 bits per heavy atom. The number of nitrogens with zero attached hydrogens (tertiary/aromatic N) is 2. The van der Waals surface area contributed by atoms with Crippen LogP contribution < -0.4 is 16.2 Å². The highest BCUT2D eigenvalue weighted by Crippen LogP contribution is 2.25. The quantitative estimate of drug-likeness (QED) is 0.485. The summed E-state index contributed by atoms with van der Waals surface area (Å²) in [4.78, 5) is 13.7. The lowest BCUT2D eigenvalue weighted by Gasteiger charge is -2.06. The molecule has 0 saturated heterocycles. The van der Waals surface area contributed by atoms with Crippen molar-refractivity contribution in [3.8, 4) is 11.6 Å². The Labute approximate surface area is 102 Å². The Morgan fingerprint density at radius 1 is 1.17 bits per heavy atom. The van der Waals surface area contributed by atoms with Gasteiger partial charge in [-0.1, -0.05) is 0 Å². The fourth-order valence-corrected chi connectivity index (χ4v) is 1.28. The minimum Gasteiger partial charge on any atom is -0.439 e. The van der Waals surface area contributed by atoms with Crippen LogP contribution in [0.1, 0.15) is 0 Å². The SMILES string of the molecule is Nc1ccc(Oc2ccc([N+](=O)[O-])cn2)cc1N. The van der Waals surface area contributed by atoms with Crippen LogP contribution in [0.5, 0.6) is 11.6 Å². The van der Waals surface area contributed by atoms with E-state index in [9.17, 15) is 10.1 Å². The van der Waals surface area contributed by atoms with E-state index >= 15 is 0 Å². The number of nitrogens with two attached hydrogens (primary N) is 2. The summed E-state index contributed by atoms with van der Waals surface area (Å²) in [5, 5.41) is 10.4. The van der Waals surface area contributed by atoms with Crippen LogP contribution in [0.25, 0.3) is 0 Å². The highest BCUT2D eigenvalue weighted by Gasteiger charge is 2.06. The first kappa shape index (κ1) is 11.6. The standard InChI is InChI=1S/C11H10N4O3/c12-9-3-2-8(5-10(9)13)18-11-4-1-7(6-14-11)15(16)17/h1-6H,12-13H2. The lowest BCUT2D eigenvalue weighted by molar-refractivity contribution is -0.385. The van der Waals surface area contributed by atoms with Gasteiger partial charge in [-0.05, 0) is 12.1 Å². The van der Waals surface area contributed by atoms with E-state index in [0.29, 0.717) is 17.1 Å². The first-order valence-electron chi connectivity index (χ1n) is 4.99. The molecule has 0 saturated carbocycles. The van der Waals surface area contributed by atoms with Gasteiger partial charge in [0.25, 0.3) is 5.69 Å². The molecule has 1 aromatic heterocycles. The average molecular weight is 246 g/mol. The molecular formula is C11H10N4O3. The third kappa shape index (κ3) is 2.46. The first-order valence-corrected chi connectivity index (χ1v) is 4.99. The number of ether oxygens (including phenoxy) is 1. The number of anilines is 2. The Balaban J connectivity index is 2.18. The van der Waals surface area contributed by atoms with Crippen LogP contribution in [0.4, 0.5) is 17.1 Å². The molecule has 0 fully saturated rings. The monoisotopic (exact) mass is 246 g/mol. The second-order valence-electron chi connectivity index (χ2n) is 3.50. The summed E-state index contributed by atoms with van der Waals surface area (Å²) >= 11 is 0. The highest BCUT2D eigenvalue weighted by molar-refractivity contribution is 5.65. The maximum Gasteiger partial charge on any atom is 0.287 e. The predicted molar refractivity (Wildman–Crippen MR) is 66.2 cm³/mol. The molecule has 1 heterocycles. The van der Waals surface area contributed by atoms with E-state index in [1.807, 2.05) is 0 Å². The Bertz CT molecular complexity index is 583. The molecule has 2 rings (SSSR count). The molecule has 7 heteroatoms. The summed E-state index contributed by atoms with van der Waals surface area (Å²) in [6, 6.07) is 7.51. The minimum atomic E-state index is -0.530. The average Bonchev–Trinajstić information content (AvgIpc) is 2.34. The van der Waals surface area contributed by atoms with Gasteiger partial charge in [-0.3, -0.25) is 10.1 Å². The molecule has 18 heavy (non-hydrogen) atoms. The van der Waals surface area contributed by atoms with Gasteiger partial charge < -0.3 is 16.2 Å². The maximum absolute atomic E-state index is 10.4. The summed E-state index contributed by atoms with van der Waals surface area (Å²) in [5.41, 5.74) is 11.9. The summed E-state index contributed by atoms with van der Waals surface area (Å²) in [7, 11) is 0. The predicted octanol–water partition coefficient (Wildman–Crippen LogP) is 1.95. The zero-order valence-corrected chi connectivity index (χ0v) is 9.24. The van der Waals surface area contributed by atoms with Crippen molar-refractivity contribution < 1.29 is 9.66 Å². The van der Waals surface area contributed by atoms with Crippen molar-refractivity contribution in [1.82, 2.24) is 4.98 Å². The number of pyridine rings is 1. The number of aromatic nitrogens is 1. The van der Waals surface area contributed by atoms with Crippen LogP contribution in [0.2, 0.25) is 0 Å². The van der Waals surface area contributed by atoms with Gasteiger partial charge in [-0.15, -0.1) is 0 Å². The molecule has 0 unspecified atom stereocenters. The number of hydrogen-bond donors (Lipinski definition) is 2. The molecule has 0 aliphatic heterocycles. The second-order valence-corrected chi connectivity index (χ2v) is 3.50. The van der Waals surface area contributed by atoms with E-state index in [-0.39, 0.29) is 11.6 Å². The van der Waals surface area contributed by atoms with Gasteiger partial charge in [0.1, 0.15) is 11.9 Å². The fourth-order valence-electron chi connectivity index (χ4n) is 1.28. The van der Waals surface area contributed by atoms with Gasteiger partial charge in [0.15, 0.2) is 0 Å². The van der Waals surface area contributed by atoms with Crippen molar-refractivity contribution in [1.29, 1.82) is 0 Å². The zero-order chi connectivity index (χ0) is 13.1. The van der Waals surface area contributed by atoms with Crippen molar-refractivity contribution in [2.75, 3.05) is 11.5 Å². The summed E-state index contributed by atoms with van der Waals surface area (Å²) in [5.74, 6) is 0.702. The fraction of sp³-hybridized carbons (Fsp3) is 0. The lowest BCUT2D eigenvalue weighted by atomic mass is 10.2. The van der Waals surface area contributed by atoms with Crippen LogP contribution in [-0.2, 0) is 0 Å². The minimum absolute atomic E-state index is 0.0980. The van der Waals surface area contributed by atoms with Crippen LogP contribution in [0.15, 0.2) is 36.5 Å². The highest BCUT2D eigenvalue weighted by atomic mass is 16.6. The second kappa shape index (κ2) is 4.58. The molecule has 0 radical (unpaired) electrons. The molecule has 0 bridgehead atoms. The van der Waals surface area contributed by atoms with Crippen LogP contribution in [0, 0.1) is 10.1 Å². The number of rotatable bonds is 3. The van der Waals surface area contributed by atoms with E-state index < -0.39 is 4.92 Å². The molecule has 0 spiro atoms. The molecule has 0 aliphatic carbocycles. The summed E-state index contributed by atoms with van der Waals surface area (Å²) in [6.07, 6.45) is 1.12. The molecule has 2 aromatic rings.